The van der Waals surface area contributed by atoms with Crippen LogP contribution in [0.1, 0.15) is 5.89 Å². The van der Waals surface area contributed by atoms with Crippen LogP contribution in [0, 0.1) is 0 Å². The van der Waals surface area contributed by atoms with E-state index in [4.69, 9.17) is 26.5 Å². The van der Waals surface area contributed by atoms with Crippen LogP contribution in [0.15, 0.2) is 22.6 Å². The fraction of sp³-hybridized carbons (Fsp3) is 0.200. The summed E-state index contributed by atoms with van der Waals surface area (Å²) < 4.78 is 10.4. The van der Waals surface area contributed by atoms with Crippen molar-refractivity contribution in [3.05, 3.63) is 29.1 Å². The Morgan fingerprint density at radius 3 is 2.94 bits per heavy atom. The lowest BCUT2D eigenvalue weighted by Gasteiger charge is -2.08. The number of hydrogen-bond acceptors (Lipinski definition) is 6. The summed E-state index contributed by atoms with van der Waals surface area (Å²) in [6.45, 7) is 0.196. The van der Waals surface area contributed by atoms with Gasteiger partial charge in [-0.3, -0.25) is 0 Å². The monoisotopic (exact) mass is 254 g/mol. The number of nitrogens with one attached hydrogen (secondary N) is 1. The van der Waals surface area contributed by atoms with Crippen LogP contribution in [0.25, 0.3) is 0 Å². The highest BCUT2D eigenvalue weighted by Crippen LogP contribution is 2.29. The lowest BCUT2D eigenvalue weighted by Crippen LogP contribution is -1.95. The van der Waals surface area contributed by atoms with Crippen LogP contribution in [0.4, 0.5) is 11.7 Å². The van der Waals surface area contributed by atoms with Gasteiger partial charge in [-0.15, -0.1) is 5.10 Å². The fourth-order valence-corrected chi connectivity index (χ4v) is 1.45. The minimum absolute atomic E-state index is 0.196. The van der Waals surface area contributed by atoms with E-state index in [2.05, 4.69) is 15.5 Å². The molecule has 0 aliphatic carbocycles. The van der Waals surface area contributed by atoms with Gasteiger partial charge in [-0.2, -0.15) is 0 Å². The van der Waals surface area contributed by atoms with Crippen molar-refractivity contribution in [2.45, 2.75) is 6.54 Å². The number of methoxy groups -OCH3 is 1. The smallest absolute Gasteiger partial charge is 0.320 e. The van der Waals surface area contributed by atoms with Gasteiger partial charge in [-0.25, -0.2) is 0 Å². The van der Waals surface area contributed by atoms with E-state index in [9.17, 15) is 0 Å². The molecule has 90 valence electrons. The minimum Gasteiger partial charge on any atom is -0.495 e. The van der Waals surface area contributed by atoms with Gasteiger partial charge in [0, 0.05) is 5.02 Å². The Labute approximate surface area is 103 Å². The second kappa shape index (κ2) is 5.03. The van der Waals surface area contributed by atoms with Crippen LogP contribution in [0.2, 0.25) is 5.02 Å². The summed E-state index contributed by atoms with van der Waals surface area (Å²) in [4.78, 5) is 0. The molecule has 0 radical (unpaired) electrons. The molecule has 2 aromatic rings. The van der Waals surface area contributed by atoms with Crippen LogP contribution in [-0.4, -0.2) is 17.3 Å². The molecule has 0 amide bonds. The minimum atomic E-state index is 0.196. The van der Waals surface area contributed by atoms with E-state index in [0.717, 1.165) is 0 Å². The molecule has 0 atom stereocenters. The number of aromatic nitrogens is 2. The van der Waals surface area contributed by atoms with Crippen molar-refractivity contribution in [3.63, 3.8) is 0 Å². The molecule has 7 heteroatoms. The molecule has 6 nitrogen and oxygen atoms in total. The lowest BCUT2D eigenvalue weighted by atomic mass is 10.3. The highest BCUT2D eigenvalue weighted by atomic mass is 35.5. The van der Waals surface area contributed by atoms with Crippen molar-refractivity contribution >= 4 is 23.3 Å². The molecule has 0 spiro atoms. The summed E-state index contributed by atoms with van der Waals surface area (Å²) >= 11 is 5.89. The Hall–Kier alpha value is -1.79. The maximum atomic E-state index is 5.89. The maximum absolute atomic E-state index is 5.89. The van der Waals surface area contributed by atoms with Gasteiger partial charge >= 0.3 is 6.01 Å². The first kappa shape index (κ1) is 11.7. The van der Waals surface area contributed by atoms with Gasteiger partial charge < -0.3 is 20.2 Å². The number of benzene rings is 1. The van der Waals surface area contributed by atoms with E-state index in [0.29, 0.717) is 22.4 Å². The summed E-state index contributed by atoms with van der Waals surface area (Å²) in [5.41, 5.74) is 6.01. The van der Waals surface area contributed by atoms with Crippen LogP contribution in [0.3, 0.4) is 0 Å². The summed E-state index contributed by atoms with van der Waals surface area (Å²) in [5.74, 6) is 0.982. The van der Waals surface area contributed by atoms with E-state index >= 15 is 0 Å². The van der Waals surface area contributed by atoms with Crippen molar-refractivity contribution in [2.75, 3.05) is 12.4 Å². The first-order valence-electron chi connectivity index (χ1n) is 4.86. The first-order valence-corrected chi connectivity index (χ1v) is 5.23. The standard InChI is InChI=1S/C10H11ClN4O2/c1-16-8-3-2-6(11)4-7(8)13-10-15-14-9(5-12)17-10/h2-4H,5,12H2,1H3,(H,13,15). The molecule has 0 unspecified atom stereocenters. The molecule has 3 N–H and O–H groups in total. The van der Waals surface area contributed by atoms with Crippen LogP contribution < -0.4 is 15.8 Å². The van der Waals surface area contributed by atoms with Crippen molar-refractivity contribution in [3.8, 4) is 5.75 Å². The number of nitrogens with zero attached hydrogens (tertiary/aromatic N) is 2. The van der Waals surface area contributed by atoms with E-state index in [1.807, 2.05) is 0 Å². The van der Waals surface area contributed by atoms with Crippen LogP contribution in [0.5, 0.6) is 5.75 Å². The van der Waals surface area contributed by atoms with Crippen LogP contribution >= 0.6 is 11.6 Å². The Bertz CT molecular complexity index is 515. The number of ether oxygens (including phenoxy) is 1. The molecule has 0 aliphatic rings. The van der Waals surface area contributed by atoms with Crippen LogP contribution in [-0.2, 0) is 6.54 Å². The summed E-state index contributed by atoms with van der Waals surface area (Å²) in [6, 6.07) is 5.41. The molecular weight excluding hydrogens is 244 g/mol. The number of nitrogens with two attached hydrogens (primary N) is 1. The number of anilines is 2. The highest BCUT2D eigenvalue weighted by molar-refractivity contribution is 6.30. The fourth-order valence-electron chi connectivity index (χ4n) is 1.28. The topological polar surface area (TPSA) is 86.2 Å². The van der Waals surface area contributed by atoms with Gasteiger partial charge in [-0.1, -0.05) is 16.7 Å². The molecule has 1 heterocycles. The second-order valence-electron chi connectivity index (χ2n) is 3.17. The largest absolute Gasteiger partial charge is 0.495 e. The highest BCUT2D eigenvalue weighted by Gasteiger charge is 2.08. The lowest BCUT2D eigenvalue weighted by molar-refractivity contribution is 0.416. The summed E-state index contributed by atoms with van der Waals surface area (Å²) in [5, 5.41) is 11.0. The Morgan fingerprint density at radius 1 is 1.47 bits per heavy atom. The predicted molar refractivity (Wildman–Crippen MR) is 63.5 cm³/mol. The van der Waals surface area contributed by atoms with Gasteiger partial charge in [0.15, 0.2) is 0 Å². The Balaban J connectivity index is 2.25. The van der Waals surface area contributed by atoms with Crippen molar-refractivity contribution in [1.82, 2.24) is 10.2 Å². The molecule has 2 rings (SSSR count). The molecule has 0 bridgehead atoms. The van der Waals surface area contributed by atoms with E-state index in [1.54, 1.807) is 25.3 Å². The van der Waals surface area contributed by atoms with Gasteiger partial charge in [0.2, 0.25) is 5.89 Å². The molecule has 0 aliphatic heterocycles. The average molecular weight is 255 g/mol. The first-order chi connectivity index (χ1) is 8.22. The molecule has 0 saturated carbocycles. The second-order valence-corrected chi connectivity index (χ2v) is 3.61. The Morgan fingerprint density at radius 2 is 2.29 bits per heavy atom. The maximum Gasteiger partial charge on any atom is 0.320 e. The van der Waals surface area contributed by atoms with Gasteiger partial charge in [0.1, 0.15) is 5.75 Å². The molecule has 1 aromatic heterocycles. The Kier molecular flexibility index (Phi) is 3.46. The van der Waals surface area contributed by atoms with Gasteiger partial charge in [-0.05, 0) is 18.2 Å². The number of hydrogen-bond donors (Lipinski definition) is 2. The third-order valence-electron chi connectivity index (χ3n) is 2.04. The van der Waals surface area contributed by atoms with Crippen molar-refractivity contribution in [2.24, 2.45) is 5.73 Å². The quantitative estimate of drug-likeness (QED) is 0.867. The van der Waals surface area contributed by atoms with E-state index in [1.165, 1.54) is 0 Å². The zero-order valence-electron chi connectivity index (χ0n) is 9.11. The van der Waals surface area contributed by atoms with Crippen molar-refractivity contribution < 1.29 is 9.15 Å². The molecular formula is C10H11ClN4O2. The molecule has 1 aromatic carbocycles. The third-order valence-corrected chi connectivity index (χ3v) is 2.28. The molecule has 0 saturated heterocycles. The zero-order chi connectivity index (χ0) is 12.3. The number of halogens is 1. The molecule has 0 fully saturated rings. The van der Waals surface area contributed by atoms with Crippen molar-refractivity contribution in [1.29, 1.82) is 0 Å². The normalized spacial score (nSPS) is 10.3. The molecule has 17 heavy (non-hydrogen) atoms. The summed E-state index contributed by atoms with van der Waals surface area (Å²) in [7, 11) is 1.56. The van der Waals surface area contributed by atoms with E-state index in [-0.39, 0.29) is 12.6 Å². The zero-order valence-corrected chi connectivity index (χ0v) is 9.86. The predicted octanol–water partition coefficient (Wildman–Crippen LogP) is 1.93. The SMILES string of the molecule is COc1ccc(Cl)cc1Nc1nnc(CN)o1. The average Bonchev–Trinajstić information content (AvgIpc) is 2.77. The summed E-state index contributed by atoms with van der Waals surface area (Å²) in [6.07, 6.45) is 0. The van der Waals surface area contributed by atoms with E-state index < -0.39 is 0 Å². The number of rotatable bonds is 4. The van der Waals surface area contributed by atoms with Gasteiger partial charge in [0.05, 0.1) is 19.3 Å². The van der Waals surface area contributed by atoms with Gasteiger partial charge in [0.25, 0.3) is 0 Å². The third kappa shape index (κ3) is 2.66.